The topological polar surface area (TPSA) is 96.0 Å². The summed E-state index contributed by atoms with van der Waals surface area (Å²) < 4.78 is 5.43. The summed E-state index contributed by atoms with van der Waals surface area (Å²) in [6.45, 7) is 5.68. The zero-order valence-electron chi connectivity index (χ0n) is 18.2. The number of nitrogens with one attached hydrogen (secondary N) is 1. The van der Waals surface area contributed by atoms with Gasteiger partial charge in [0.2, 0.25) is 11.6 Å². The highest BCUT2D eigenvalue weighted by Crippen LogP contribution is 2.45. The van der Waals surface area contributed by atoms with Gasteiger partial charge >= 0.3 is 5.97 Å². The molecule has 8 nitrogen and oxygen atoms in total. The van der Waals surface area contributed by atoms with E-state index in [1.165, 1.54) is 9.80 Å². The van der Waals surface area contributed by atoms with Crippen molar-refractivity contribution in [1.29, 1.82) is 0 Å². The van der Waals surface area contributed by atoms with Gasteiger partial charge in [0.25, 0.3) is 11.8 Å². The fraction of sp³-hybridized carbons (Fsp3) is 0.565. The summed E-state index contributed by atoms with van der Waals surface area (Å²) in [4.78, 5) is 54.9. The van der Waals surface area contributed by atoms with Gasteiger partial charge in [-0.2, -0.15) is 0 Å². The van der Waals surface area contributed by atoms with Crippen molar-refractivity contribution < 1.29 is 23.9 Å². The molecule has 3 amide bonds. The second kappa shape index (κ2) is 7.98. The summed E-state index contributed by atoms with van der Waals surface area (Å²) in [7, 11) is 0. The molecule has 2 atom stereocenters. The predicted molar refractivity (Wildman–Crippen MR) is 113 cm³/mol. The van der Waals surface area contributed by atoms with E-state index < -0.39 is 18.2 Å². The lowest BCUT2D eigenvalue weighted by Crippen LogP contribution is -2.69. The number of hydrogen-bond acceptors (Lipinski definition) is 5. The normalized spacial score (nSPS) is 23.5. The number of rotatable bonds is 7. The van der Waals surface area contributed by atoms with Crippen molar-refractivity contribution in [3.8, 4) is 0 Å². The van der Waals surface area contributed by atoms with Gasteiger partial charge < -0.3 is 15.0 Å². The minimum Gasteiger partial charge on any atom is -0.452 e. The second-order valence-corrected chi connectivity index (χ2v) is 9.14. The molecule has 1 saturated heterocycles. The van der Waals surface area contributed by atoms with Crippen molar-refractivity contribution in [2.75, 3.05) is 18.1 Å². The van der Waals surface area contributed by atoms with Crippen LogP contribution in [0.15, 0.2) is 24.3 Å². The van der Waals surface area contributed by atoms with E-state index in [0.29, 0.717) is 17.2 Å². The number of nitrogens with zero attached hydrogens (tertiary/aromatic N) is 2. The molecular formula is C23H29N3O5. The Morgan fingerprint density at radius 3 is 2.58 bits per heavy atom. The van der Waals surface area contributed by atoms with Gasteiger partial charge in [-0.25, -0.2) is 4.79 Å². The van der Waals surface area contributed by atoms with Gasteiger partial charge in [-0.05, 0) is 43.7 Å². The number of benzene rings is 1. The van der Waals surface area contributed by atoms with Crippen molar-refractivity contribution in [3.63, 3.8) is 0 Å². The largest absolute Gasteiger partial charge is 0.452 e. The summed E-state index contributed by atoms with van der Waals surface area (Å²) in [5.41, 5.74) is -0.758. The fourth-order valence-electron chi connectivity index (χ4n) is 4.62. The molecule has 0 aromatic heterocycles. The molecule has 2 heterocycles. The molecule has 31 heavy (non-hydrogen) atoms. The van der Waals surface area contributed by atoms with Crippen LogP contribution in [0.25, 0.3) is 0 Å². The van der Waals surface area contributed by atoms with Gasteiger partial charge in [0.05, 0.1) is 11.3 Å². The highest BCUT2D eigenvalue weighted by atomic mass is 16.5. The van der Waals surface area contributed by atoms with Crippen LogP contribution in [0.4, 0.5) is 5.69 Å². The molecule has 1 aromatic rings. The van der Waals surface area contributed by atoms with Gasteiger partial charge in [0.15, 0.2) is 6.61 Å². The molecular weight excluding hydrogens is 398 g/mol. The summed E-state index contributed by atoms with van der Waals surface area (Å²) in [5.74, 6) is -1.11. The van der Waals surface area contributed by atoms with Crippen LogP contribution in [-0.4, -0.2) is 53.4 Å². The number of amides is 3. The Balaban J connectivity index is 1.63. The molecule has 3 aliphatic rings. The first-order chi connectivity index (χ1) is 14.8. The summed E-state index contributed by atoms with van der Waals surface area (Å²) in [5, 5.41) is 2.86. The van der Waals surface area contributed by atoms with Crippen LogP contribution < -0.4 is 10.2 Å². The van der Waals surface area contributed by atoms with E-state index in [-0.39, 0.29) is 49.1 Å². The van der Waals surface area contributed by atoms with Crippen LogP contribution in [0.1, 0.15) is 56.8 Å². The van der Waals surface area contributed by atoms with E-state index in [9.17, 15) is 19.2 Å². The Bertz CT molecular complexity index is 926. The molecule has 1 aliphatic carbocycles. The Hall–Kier alpha value is -2.90. The molecule has 1 aromatic carbocycles. The Labute approximate surface area is 181 Å². The minimum atomic E-state index is -1.56. The summed E-state index contributed by atoms with van der Waals surface area (Å²) in [6.07, 6.45) is 2.44. The van der Waals surface area contributed by atoms with E-state index in [1.807, 2.05) is 20.8 Å². The standard InChI is InChI=1S/C23H29N3O5/c1-14(2)12-25-21(29)17-6-4-5-7-18(17)26-20(28)10-11-23(25,26)22(30)31-13-19(27)24-15(3)16-8-9-16/h4-7,14-16H,8-13H2,1-3H3,(H,24,27)/t15-,23+/m0/s1. The average Bonchev–Trinajstić information content (AvgIpc) is 3.52. The lowest BCUT2D eigenvalue weighted by molar-refractivity contribution is -0.160. The van der Waals surface area contributed by atoms with Gasteiger partial charge in [-0.15, -0.1) is 0 Å². The smallest absolute Gasteiger partial charge is 0.354 e. The number of esters is 1. The predicted octanol–water partition coefficient (Wildman–Crippen LogP) is 2.08. The third-order valence-electron chi connectivity index (χ3n) is 6.30. The van der Waals surface area contributed by atoms with E-state index in [4.69, 9.17) is 4.74 Å². The average molecular weight is 428 g/mol. The highest BCUT2D eigenvalue weighted by molar-refractivity contribution is 6.15. The first-order valence-corrected chi connectivity index (χ1v) is 11.0. The first kappa shape index (κ1) is 21.3. The molecule has 4 rings (SSSR count). The number of para-hydroxylation sites is 1. The SMILES string of the molecule is CC(C)CN1C(=O)c2ccccc2N2C(=O)CC[C@@]12C(=O)OCC(=O)N[C@@H](C)C1CC1. The van der Waals surface area contributed by atoms with Crippen LogP contribution in [-0.2, 0) is 19.1 Å². The zero-order chi connectivity index (χ0) is 22.3. The van der Waals surface area contributed by atoms with Gasteiger partial charge in [0.1, 0.15) is 0 Å². The van der Waals surface area contributed by atoms with Crippen molar-refractivity contribution in [1.82, 2.24) is 10.2 Å². The van der Waals surface area contributed by atoms with E-state index >= 15 is 0 Å². The van der Waals surface area contributed by atoms with Gasteiger partial charge in [-0.1, -0.05) is 26.0 Å². The molecule has 1 saturated carbocycles. The molecule has 0 unspecified atom stereocenters. The number of ether oxygens (including phenoxy) is 1. The number of fused-ring (bicyclic) bond motifs is 3. The van der Waals surface area contributed by atoms with Crippen molar-refractivity contribution >= 4 is 29.4 Å². The Morgan fingerprint density at radius 1 is 1.19 bits per heavy atom. The third kappa shape index (κ3) is 3.68. The zero-order valence-corrected chi connectivity index (χ0v) is 18.2. The van der Waals surface area contributed by atoms with E-state index in [0.717, 1.165) is 12.8 Å². The van der Waals surface area contributed by atoms with E-state index in [2.05, 4.69) is 5.32 Å². The number of carbonyl (C=O) groups excluding carboxylic acids is 4. The molecule has 166 valence electrons. The van der Waals surface area contributed by atoms with E-state index in [1.54, 1.807) is 24.3 Å². The lowest BCUT2D eigenvalue weighted by atomic mass is 9.95. The maximum Gasteiger partial charge on any atom is 0.354 e. The molecule has 8 heteroatoms. The van der Waals surface area contributed by atoms with Crippen LogP contribution >= 0.6 is 0 Å². The third-order valence-corrected chi connectivity index (χ3v) is 6.30. The lowest BCUT2D eigenvalue weighted by Gasteiger charge is -2.48. The molecule has 0 spiro atoms. The summed E-state index contributed by atoms with van der Waals surface area (Å²) >= 11 is 0. The van der Waals surface area contributed by atoms with Crippen molar-refractivity contribution in [2.24, 2.45) is 11.8 Å². The van der Waals surface area contributed by atoms with Gasteiger partial charge in [0, 0.05) is 25.4 Å². The fourth-order valence-corrected chi connectivity index (χ4v) is 4.62. The van der Waals surface area contributed by atoms with Crippen LogP contribution in [0.2, 0.25) is 0 Å². The molecule has 1 N–H and O–H groups in total. The Morgan fingerprint density at radius 2 is 1.90 bits per heavy atom. The second-order valence-electron chi connectivity index (χ2n) is 9.14. The molecule has 2 aliphatic heterocycles. The first-order valence-electron chi connectivity index (χ1n) is 11.0. The number of anilines is 1. The van der Waals surface area contributed by atoms with Crippen LogP contribution in [0.3, 0.4) is 0 Å². The minimum absolute atomic E-state index is 0.0366. The van der Waals surface area contributed by atoms with Crippen LogP contribution in [0, 0.1) is 11.8 Å². The maximum atomic E-state index is 13.4. The van der Waals surface area contributed by atoms with Crippen molar-refractivity contribution in [2.45, 2.75) is 58.2 Å². The highest BCUT2D eigenvalue weighted by Gasteiger charge is 2.62. The quantitative estimate of drug-likeness (QED) is 0.672. The molecule has 2 fully saturated rings. The summed E-state index contributed by atoms with van der Waals surface area (Å²) in [6, 6.07) is 6.85. The van der Waals surface area contributed by atoms with Crippen LogP contribution in [0.5, 0.6) is 0 Å². The number of carbonyl (C=O) groups is 4. The number of hydrogen-bond donors (Lipinski definition) is 1. The maximum absolute atomic E-state index is 13.4. The Kier molecular flexibility index (Phi) is 5.49. The van der Waals surface area contributed by atoms with Gasteiger partial charge in [-0.3, -0.25) is 19.3 Å². The molecule has 0 radical (unpaired) electrons. The molecule has 0 bridgehead atoms. The van der Waals surface area contributed by atoms with Crippen molar-refractivity contribution in [3.05, 3.63) is 29.8 Å². The monoisotopic (exact) mass is 427 g/mol.